The highest BCUT2D eigenvalue weighted by molar-refractivity contribution is 6.31. The number of hydrogen-bond acceptors (Lipinski definition) is 6. The smallest absolute Gasteiger partial charge is 0.420 e. The average molecular weight is 439 g/mol. The van der Waals surface area contributed by atoms with Crippen LogP contribution in [0.2, 0.25) is 5.02 Å². The Labute approximate surface area is 184 Å². The number of rotatable bonds is 8. The fourth-order valence-electron chi connectivity index (χ4n) is 3.29. The summed E-state index contributed by atoms with van der Waals surface area (Å²) in [5.74, 6) is 0.816. The Morgan fingerprint density at radius 2 is 1.94 bits per heavy atom. The minimum atomic E-state index is -0.422. The summed E-state index contributed by atoms with van der Waals surface area (Å²) in [5, 5.41) is 0.549. The van der Waals surface area contributed by atoms with Gasteiger partial charge in [0.05, 0.1) is 31.1 Å². The van der Waals surface area contributed by atoms with Crippen molar-refractivity contribution in [1.29, 1.82) is 0 Å². The molecule has 2 heterocycles. The van der Waals surface area contributed by atoms with Gasteiger partial charge in [0.2, 0.25) is 0 Å². The zero-order valence-corrected chi connectivity index (χ0v) is 18.2. The summed E-state index contributed by atoms with van der Waals surface area (Å²) in [4.78, 5) is 23.3. The molecule has 2 aromatic heterocycles. The van der Waals surface area contributed by atoms with Crippen LogP contribution in [0.4, 0.5) is 0 Å². The van der Waals surface area contributed by atoms with Gasteiger partial charge >= 0.3 is 5.76 Å². The van der Waals surface area contributed by atoms with Crippen molar-refractivity contribution in [2.45, 2.75) is 13.0 Å². The van der Waals surface area contributed by atoms with Crippen LogP contribution in [0.1, 0.15) is 12.0 Å². The number of benzene rings is 2. The molecule has 31 heavy (non-hydrogen) atoms. The van der Waals surface area contributed by atoms with Gasteiger partial charge < -0.3 is 14.1 Å². The van der Waals surface area contributed by atoms with Crippen LogP contribution in [-0.4, -0.2) is 46.7 Å². The number of fused-ring (bicyclic) bond motifs is 1. The molecule has 4 rings (SSSR count). The lowest BCUT2D eigenvalue weighted by molar-refractivity contribution is 0.280. The highest BCUT2D eigenvalue weighted by atomic mass is 35.5. The Kier molecular flexibility index (Phi) is 6.34. The van der Waals surface area contributed by atoms with Crippen molar-refractivity contribution in [2.75, 3.05) is 27.2 Å². The van der Waals surface area contributed by atoms with E-state index in [0.29, 0.717) is 40.8 Å². The van der Waals surface area contributed by atoms with Gasteiger partial charge in [0.15, 0.2) is 17.2 Å². The lowest BCUT2D eigenvalue weighted by atomic mass is 10.1. The van der Waals surface area contributed by atoms with Crippen LogP contribution in [0.5, 0.6) is 5.75 Å². The van der Waals surface area contributed by atoms with E-state index >= 15 is 0 Å². The number of oxazole rings is 1. The highest BCUT2D eigenvalue weighted by Crippen LogP contribution is 2.22. The molecule has 0 N–H and O–H groups in total. The van der Waals surface area contributed by atoms with E-state index in [2.05, 4.69) is 14.9 Å². The minimum absolute atomic E-state index is 0.354. The fraction of sp³-hybridized carbons (Fsp3) is 0.261. The van der Waals surface area contributed by atoms with Crippen molar-refractivity contribution >= 4 is 22.7 Å². The molecule has 0 aliphatic carbocycles. The normalized spacial score (nSPS) is 11.4. The number of aromatic nitrogens is 3. The van der Waals surface area contributed by atoms with Crippen LogP contribution in [0, 0.1) is 0 Å². The van der Waals surface area contributed by atoms with Gasteiger partial charge in [-0.2, -0.15) is 0 Å². The Hall–Kier alpha value is -3.16. The molecule has 7 nitrogen and oxygen atoms in total. The molecular formula is C23H23ClN4O3. The summed E-state index contributed by atoms with van der Waals surface area (Å²) in [5.41, 5.74) is 2.95. The second kappa shape index (κ2) is 9.32. The summed E-state index contributed by atoms with van der Waals surface area (Å²) in [6.07, 6.45) is 4.30. The second-order valence-electron chi connectivity index (χ2n) is 7.51. The third kappa shape index (κ3) is 5.13. The molecule has 0 fully saturated rings. The van der Waals surface area contributed by atoms with Crippen molar-refractivity contribution < 1.29 is 9.15 Å². The van der Waals surface area contributed by atoms with Gasteiger partial charge in [-0.25, -0.2) is 14.8 Å². The van der Waals surface area contributed by atoms with Crippen LogP contribution >= 0.6 is 11.6 Å². The van der Waals surface area contributed by atoms with Gasteiger partial charge in [0, 0.05) is 17.1 Å². The molecule has 8 heteroatoms. The van der Waals surface area contributed by atoms with Gasteiger partial charge in [-0.05, 0) is 50.3 Å². The van der Waals surface area contributed by atoms with Crippen LogP contribution in [0.15, 0.2) is 64.1 Å². The van der Waals surface area contributed by atoms with Crippen molar-refractivity contribution in [3.05, 3.63) is 76.0 Å². The first-order valence-corrected chi connectivity index (χ1v) is 10.4. The van der Waals surface area contributed by atoms with E-state index in [4.69, 9.17) is 20.8 Å². The summed E-state index contributed by atoms with van der Waals surface area (Å²) in [6.45, 7) is 1.94. The minimum Gasteiger partial charge on any atom is -0.490 e. The van der Waals surface area contributed by atoms with Gasteiger partial charge in [-0.3, -0.25) is 4.57 Å². The first-order valence-electron chi connectivity index (χ1n) is 9.97. The number of ether oxygens (including phenoxy) is 1. The molecular weight excluding hydrogens is 416 g/mol. The standard InChI is InChI=1S/C23H23ClN4O3/c1-27(2)9-4-10-30-19-13-25-22(26-14-19)17-6-3-5-16(11-17)15-28-20-12-18(24)7-8-21(20)31-23(28)29/h3,5-8,11-14H,4,9-10,15H2,1-2H3. The molecule has 0 amide bonds. The summed E-state index contributed by atoms with van der Waals surface area (Å²) < 4.78 is 12.6. The van der Waals surface area contributed by atoms with E-state index in [9.17, 15) is 4.79 Å². The van der Waals surface area contributed by atoms with Gasteiger partial charge in [0.1, 0.15) is 0 Å². The molecule has 0 saturated heterocycles. The molecule has 0 unspecified atom stereocenters. The summed E-state index contributed by atoms with van der Waals surface area (Å²) >= 11 is 6.09. The first-order chi connectivity index (χ1) is 15.0. The molecule has 0 aliphatic rings. The van der Waals surface area contributed by atoms with Crippen molar-refractivity contribution in [1.82, 2.24) is 19.4 Å². The topological polar surface area (TPSA) is 73.4 Å². The largest absolute Gasteiger partial charge is 0.490 e. The third-order valence-electron chi connectivity index (χ3n) is 4.80. The molecule has 0 radical (unpaired) electrons. The molecule has 0 aliphatic heterocycles. The van der Waals surface area contributed by atoms with E-state index in [1.165, 1.54) is 0 Å². The Morgan fingerprint density at radius 1 is 1.13 bits per heavy atom. The lowest BCUT2D eigenvalue weighted by Crippen LogP contribution is -2.15. The van der Waals surface area contributed by atoms with Crippen LogP contribution in [0.3, 0.4) is 0 Å². The quantitative estimate of drug-likeness (QED) is 0.386. The van der Waals surface area contributed by atoms with E-state index in [-0.39, 0.29) is 0 Å². The van der Waals surface area contributed by atoms with Gasteiger partial charge in [-0.15, -0.1) is 0 Å². The Morgan fingerprint density at radius 3 is 2.71 bits per heavy atom. The van der Waals surface area contributed by atoms with E-state index in [1.54, 1.807) is 35.2 Å². The maximum atomic E-state index is 12.3. The molecule has 2 aromatic carbocycles. The number of hydrogen-bond donors (Lipinski definition) is 0. The van der Waals surface area contributed by atoms with Crippen LogP contribution in [-0.2, 0) is 6.54 Å². The van der Waals surface area contributed by atoms with Gasteiger partial charge in [0.25, 0.3) is 0 Å². The fourth-order valence-corrected chi connectivity index (χ4v) is 3.45. The van der Waals surface area contributed by atoms with Crippen molar-refractivity contribution in [3.63, 3.8) is 0 Å². The van der Waals surface area contributed by atoms with E-state index in [0.717, 1.165) is 24.1 Å². The molecule has 4 aromatic rings. The highest BCUT2D eigenvalue weighted by Gasteiger charge is 2.11. The molecule has 160 valence electrons. The van der Waals surface area contributed by atoms with E-state index < -0.39 is 5.76 Å². The summed E-state index contributed by atoms with van der Waals surface area (Å²) in [7, 11) is 4.07. The zero-order valence-electron chi connectivity index (χ0n) is 17.4. The Balaban J connectivity index is 1.50. The molecule has 0 spiro atoms. The summed E-state index contributed by atoms with van der Waals surface area (Å²) in [6, 6.07) is 12.9. The van der Waals surface area contributed by atoms with E-state index in [1.807, 2.05) is 38.4 Å². The average Bonchev–Trinajstić information content (AvgIpc) is 3.06. The van der Waals surface area contributed by atoms with Crippen molar-refractivity contribution in [3.8, 4) is 17.1 Å². The molecule has 0 bridgehead atoms. The lowest BCUT2D eigenvalue weighted by Gasteiger charge is -2.10. The zero-order chi connectivity index (χ0) is 21.8. The second-order valence-corrected chi connectivity index (χ2v) is 7.95. The molecule has 0 saturated carbocycles. The first kappa shape index (κ1) is 21.1. The predicted molar refractivity (Wildman–Crippen MR) is 121 cm³/mol. The third-order valence-corrected chi connectivity index (χ3v) is 5.04. The van der Waals surface area contributed by atoms with Crippen LogP contribution in [0.25, 0.3) is 22.5 Å². The number of nitrogens with zero attached hydrogens (tertiary/aromatic N) is 4. The monoisotopic (exact) mass is 438 g/mol. The van der Waals surface area contributed by atoms with Crippen LogP contribution < -0.4 is 10.5 Å². The predicted octanol–water partition coefficient (Wildman–Crippen LogP) is 4.08. The SMILES string of the molecule is CN(C)CCCOc1cnc(-c2cccc(Cn3c(=O)oc4ccc(Cl)cc43)c2)nc1. The maximum Gasteiger partial charge on any atom is 0.420 e. The molecule has 0 atom stereocenters. The number of halogens is 1. The maximum absolute atomic E-state index is 12.3. The van der Waals surface area contributed by atoms with Gasteiger partial charge in [-0.1, -0.05) is 29.8 Å². The Bertz CT molecular complexity index is 1230. The van der Waals surface area contributed by atoms with Crippen molar-refractivity contribution in [2.24, 2.45) is 0 Å².